The van der Waals surface area contributed by atoms with Gasteiger partial charge in [-0.15, -0.1) is 0 Å². The van der Waals surface area contributed by atoms with Crippen molar-refractivity contribution >= 4 is 5.69 Å². The van der Waals surface area contributed by atoms with Crippen molar-refractivity contribution in [1.82, 2.24) is 0 Å². The number of rotatable bonds is 9. The molecule has 0 fully saturated rings. The Kier molecular flexibility index (Phi) is 7.73. The van der Waals surface area contributed by atoms with E-state index in [0.717, 1.165) is 23.1 Å². The van der Waals surface area contributed by atoms with E-state index in [2.05, 4.69) is 0 Å². The predicted octanol–water partition coefficient (Wildman–Crippen LogP) is 7.00. The Bertz CT molecular complexity index is 1210. The van der Waals surface area contributed by atoms with Gasteiger partial charge in [-0.1, -0.05) is 78.9 Å². The van der Waals surface area contributed by atoms with Crippen molar-refractivity contribution in [3.8, 4) is 11.5 Å². The molecule has 0 heterocycles. The van der Waals surface area contributed by atoms with Crippen molar-refractivity contribution < 1.29 is 23.0 Å². The molecule has 0 aliphatic heterocycles. The minimum Gasteiger partial charge on any atom is -0.457 e. The molecule has 4 aromatic carbocycles. The number of hydrogen-bond donors (Lipinski definition) is 1. The van der Waals surface area contributed by atoms with E-state index in [-0.39, 0.29) is 6.54 Å². The van der Waals surface area contributed by atoms with Gasteiger partial charge in [0, 0.05) is 18.3 Å². The van der Waals surface area contributed by atoms with Crippen LogP contribution < -0.4 is 9.64 Å². The fourth-order valence-corrected chi connectivity index (χ4v) is 3.83. The second-order valence-electron chi connectivity index (χ2n) is 8.33. The normalized spacial score (nSPS) is 12.2. The zero-order valence-electron chi connectivity index (χ0n) is 19.0. The third-order valence-corrected chi connectivity index (χ3v) is 5.55. The average Bonchev–Trinajstić information content (AvgIpc) is 2.85. The number of para-hydroxylation sites is 1. The van der Waals surface area contributed by atoms with Gasteiger partial charge in [0.15, 0.2) is 6.10 Å². The molecule has 0 aliphatic carbocycles. The van der Waals surface area contributed by atoms with E-state index in [1.165, 1.54) is 4.90 Å². The molecule has 4 aromatic rings. The third kappa shape index (κ3) is 7.11. The molecule has 35 heavy (non-hydrogen) atoms. The molecule has 0 saturated heterocycles. The zero-order valence-corrected chi connectivity index (χ0v) is 19.0. The van der Waals surface area contributed by atoms with Gasteiger partial charge in [0.2, 0.25) is 0 Å². The molecule has 3 nitrogen and oxygen atoms in total. The number of anilines is 1. The zero-order chi connectivity index (χ0) is 24.7. The Balaban J connectivity index is 1.58. The van der Waals surface area contributed by atoms with Crippen LogP contribution in [0, 0.1) is 0 Å². The summed E-state index contributed by atoms with van der Waals surface area (Å²) in [5, 5.41) is 9.85. The van der Waals surface area contributed by atoms with Gasteiger partial charge in [-0.05, 0) is 47.4 Å². The predicted molar refractivity (Wildman–Crippen MR) is 132 cm³/mol. The van der Waals surface area contributed by atoms with Gasteiger partial charge in [-0.2, -0.15) is 13.2 Å². The molecule has 0 aliphatic rings. The molecule has 0 saturated carbocycles. The lowest BCUT2D eigenvalue weighted by Gasteiger charge is -2.29. The summed E-state index contributed by atoms with van der Waals surface area (Å²) in [6, 6.07) is 33.8. The van der Waals surface area contributed by atoms with Gasteiger partial charge >= 0.3 is 6.18 Å². The largest absolute Gasteiger partial charge is 0.457 e. The van der Waals surface area contributed by atoms with Crippen LogP contribution in [0.25, 0.3) is 0 Å². The highest BCUT2D eigenvalue weighted by molar-refractivity contribution is 5.52. The van der Waals surface area contributed by atoms with Crippen molar-refractivity contribution in [2.75, 3.05) is 11.4 Å². The lowest BCUT2D eigenvalue weighted by molar-refractivity contribution is -0.200. The summed E-state index contributed by atoms with van der Waals surface area (Å²) in [5.41, 5.74) is 3.59. The summed E-state index contributed by atoms with van der Waals surface area (Å²) in [6.07, 6.45) is -6.47. The SMILES string of the molecule is OC(CN(Cc1cccc(Cc2ccccc2)c1)c1cccc(Oc2ccccc2)c1)C(F)(F)F. The second kappa shape index (κ2) is 11.1. The monoisotopic (exact) mass is 477 g/mol. The molecule has 1 atom stereocenters. The quantitative estimate of drug-likeness (QED) is 0.282. The fourth-order valence-electron chi connectivity index (χ4n) is 3.83. The number of nitrogens with zero attached hydrogens (tertiary/aromatic N) is 1. The van der Waals surface area contributed by atoms with Gasteiger partial charge in [0.25, 0.3) is 0 Å². The third-order valence-electron chi connectivity index (χ3n) is 5.55. The first-order valence-corrected chi connectivity index (χ1v) is 11.3. The first kappa shape index (κ1) is 24.4. The van der Waals surface area contributed by atoms with Crippen molar-refractivity contribution in [2.45, 2.75) is 25.2 Å². The highest BCUT2D eigenvalue weighted by atomic mass is 19.4. The molecule has 180 valence electrons. The lowest BCUT2D eigenvalue weighted by atomic mass is 10.0. The van der Waals surface area contributed by atoms with E-state index in [1.54, 1.807) is 36.4 Å². The van der Waals surface area contributed by atoms with Gasteiger partial charge in [0.1, 0.15) is 11.5 Å². The van der Waals surface area contributed by atoms with Crippen LogP contribution in [0.5, 0.6) is 11.5 Å². The van der Waals surface area contributed by atoms with Gasteiger partial charge in [-0.25, -0.2) is 0 Å². The smallest absolute Gasteiger partial charge is 0.416 e. The molecule has 1 N–H and O–H groups in total. The van der Waals surface area contributed by atoms with Crippen LogP contribution in [0.1, 0.15) is 16.7 Å². The van der Waals surface area contributed by atoms with E-state index >= 15 is 0 Å². The summed E-state index contributed by atoms with van der Waals surface area (Å²) in [6.45, 7) is -0.397. The topological polar surface area (TPSA) is 32.7 Å². The van der Waals surface area contributed by atoms with E-state index < -0.39 is 18.8 Å². The first-order chi connectivity index (χ1) is 16.9. The summed E-state index contributed by atoms with van der Waals surface area (Å²) in [4.78, 5) is 1.53. The van der Waals surface area contributed by atoms with Crippen molar-refractivity contribution in [2.24, 2.45) is 0 Å². The summed E-state index contributed by atoms with van der Waals surface area (Å²) >= 11 is 0. The van der Waals surface area contributed by atoms with Crippen LogP contribution >= 0.6 is 0 Å². The molecule has 0 aromatic heterocycles. The minimum atomic E-state index is -4.72. The minimum absolute atomic E-state index is 0.199. The maximum atomic E-state index is 13.2. The Hall–Kier alpha value is -3.77. The second-order valence-corrected chi connectivity index (χ2v) is 8.33. The number of benzene rings is 4. The molecule has 1 unspecified atom stereocenters. The van der Waals surface area contributed by atoms with Crippen molar-refractivity contribution in [3.05, 3.63) is 126 Å². The maximum Gasteiger partial charge on any atom is 0.416 e. The molecular weight excluding hydrogens is 451 g/mol. The molecule has 4 rings (SSSR count). The lowest BCUT2D eigenvalue weighted by Crippen LogP contribution is -2.40. The van der Waals surface area contributed by atoms with E-state index in [1.807, 2.05) is 72.8 Å². The molecule has 0 radical (unpaired) electrons. The Labute approximate surface area is 203 Å². The van der Waals surface area contributed by atoms with Crippen molar-refractivity contribution in [3.63, 3.8) is 0 Å². The fraction of sp³-hybridized carbons (Fsp3) is 0.172. The van der Waals surface area contributed by atoms with E-state index in [4.69, 9.17) is 4.74 Å². The molecule has 6 heteroatoms. The van der Waals surface area contributed by atoms with Crippen LogP contribution in [-0.4, -0.2) is 23.9 Å². The highest BCUT2D eigenvalue weighted by Crippen LogP contribution is 2.29. The number of aliphatic hydroxyl groups excluding tert-OH is 1. The highest BCUT2D eigenvalue weighted by Gasteiger charge is 2.39. The number of aliphatic hydroxyl groups is 1. The standard InChI is InChI=1S/C29H26F3NO2/c30-29(31,32)28(34)21-33(25-13-8-16-27(19-25)35-26-14-5-2-6-15-26)20-24-12-7-11-23(18-24)17-22-9-3-1-4-10-22/h1-16,18-19,28,34H,17,20-21H2. The van der Waals surface area contributed by atoms with E-state index in [9.17, 15) is 18.3 Å². The van der Waals surface area contributed by atoms with Crippen LogP contribution in [0.3, 0.4) is 0 Å². The van der Waals surface area contributed by atoms with Crippen molar-refractivity contribution in [1.29, 1.82) is 0 Å². The Morgan fingerprint density at radius 3 is 2.00 bits per heavy atom. The Morgan fingerprint density at radius 1 is 0.686 bits per heavy atom. The van der Waals surface area contributed by atoms with Crippen LogP contribution in [0.2, 0.25) is 0 Å². The molecule has 0 bridgehead atoms. The summed E-state index contributed by atoms with van der Waals surface area (Å²) < 4.78 is 45.6. The van der Waals surface area contributed by atoms with Gasteiger partial charge in [0.05, 0.1) is 6.54 Å². The first-order valence-electron chi connectivity index (χ1n) is 11.3. The average molecular weight is 478 g/mol. The molecular formula is C29H26F3NO2. The van der Waals surface area contributed by atoms with Crippen LogP contribution in [0.4, 0.5) is 18.9 Å². The summed E-state index contributed by atoms with van der Waals surface area (Å²) in [7, 11) is 0. The van der Waals surface area contributed by atoms with Crippen LogP contribution in [-0.2, 0) is 13.0 Å². The number of alkyl halides is 3. The van der Waals surface area contributed by atoms with Crippen LogP contribution in [0.15, 0.2) is 109 Å². The van der Waals surface area contributed by atoms with Gasteiger partial charge < -0.3 is 14.7 Å². The number of hydrogen-bond acceptors (Lipinski definition) is 3. The maximum absolute atomic E-state index is 13.2. The molecule has 0 spiro atoms. The Morgan fingerprint density at radius 2 is 1.29 bits per heavy atom. The van der Waals surface area contributed by atoms with E-state index in [0.29, 0.717) is 17.2 Å². The summed E-state index contributed by atoms with van der Waals surface area (Å²) in [5.74, 6) is 1.12. The number of ether oxygens (including phenoxy) is 1. The molecule has 0 amide bonds. The van der Waals surface area contributed by atoms with Gasteiger partial charge in [-0.3, -0.25) is 0 Å². The number of halogens is 3.